The molecule has 0 atom stereocenters. The highest BCUT2D eigenvalue weighted by Gasteiger charge is 2.06. The van der Waals surface area contributed by atoms with E-state index in [0.29, 0.717) is 11.1 Å². The van der Waals surface area contributed by atoms with Gasteiger partial charge in [-0.3, -0.25) is 4.79 Å². The van der Waals surface area contributed by atoms with Crippen LogP contribution < -0.4 is 5.73 Å². The van der Waals surface area contributed by atoms with Crippen LogP contribution in [0.4, 0.5) is 0 Å². The molecule has 2 rings (SSSR count). The number of aromatic nitrogens is 3. The molecule has 0 bridgehead atoms. The summed E-state index contributed by atoms with van der Waals surface area (Å²) in [6.45, 7) is 0. The summed E-state index contributed by atoms with van der Waals surface area (Å²) in [5.74, 6) is -0.470. The van der Waals surface area contributed by atoms with E-state index >= 15 is 0 Å². The Kier molecular flexibility index (Phi) is 1.30. The van der Waals surface area contributed by atoms with Crippen LogP contribution in [0.2, 0.25) is 0 Å². The van der Waals surface area contributed by atoms with Crippen LogP contribution in [0, 0.1) is 0 Å². The largest absolute Gasteiger partial charge is 0.366 e. The minimum Gasteiger partial charge on any atom is -0.366 e. The van der Waals surface area contributed by atoms with Crippen molar-refractivity contribution in [3.8, 4) is 0 Å². The molecule has 0 spiro atoms. The molecule has 0 aliphatic rings. The smallest absolute Gasteiger partial charge is 0.251 e. The number of hydrogen-bond acceptors (Lipinski definition) is 3. The van der Waals surface area contributed by atoms with Crippen molar-refractivity contribution in [3.05, 3.63) is 30.1 Å². The average molecular weight is 162 g/mol. The summed E-state index contributed by atoms with van der Waals surface area (Å²) in [6.07, 6.45) is 3.05. The second-order valence-corrected chi connectivity index (χ2v) is 2.32. The van der Waals surface area contributed by atoms with Crippen LogP contribution in [-0.2, 0) is 0 Å². The summed E-state index contributed by atoms with van der Waals surface area (Å²) in [5, 5.41) is 7.74. The molecule has 0 aliphatic carbocycles. The van der Waals surface area contributed by atoms with Crippen LogP contribution in [0.5, 0.6) is 0 Å². The van der Waals surface area contributed by atoms with Gasteiger partial charge in [-0.1, -0.05) is 0 Å². The third-order valence-electron chi connectivity index (χ3n) is 1.58. The van der Waals surface area contributed by atoms with E-state index in [-0.39, 0.29) is 0 Å². The molecule has 12 heavy (non-hydrogen) atoms. The van der Waals surface area contributed by atoms with Crippen LogP contribution in [0.1, 0.15) is 10.4 Å². The molecule has 2 aromatic heterocycles. The number of hydrogen-bond donors (Lipinski definition) is 1. The molecular formula is C7H6N4O. The first-order valence-electron chi connectivity index (χ1n) is 3.38. The van der Waals surface area contributed by atoms with Crippen molar-refractivity contribution in [1.82, 2.24) is 14.8 Å². The molecule has 0 fully saturated rings. The lowest BCUT2D eigenvalue weighted by molar-refractivity contribution is 0.100. The molecule has 0 saturated carbocycles. The molecule has 2 aromatic rings. The minimum atomic E-state index is -0.470. The number of fused-ring (bicyclic) bond motifs is 1. The molecule has 5 heteroatoms. The van der Waals surface area contributed by atoms with Gasteiger partial charge in [0, 0.05) is 0 Å². The first-order valence-corrected chi connectivity index (χ1v) is 3.38. The first kappa shape index (κ1) is 6.78. The zero-order chi connectivity index (χ0) is 8.55. The van der Waals surface area contributed by atoms with Gasteiger partial charge >= 0.3 is 0 Å². The molecule has 0 radical (unpaired) electrons. The molecule has 0 aromatic carbocycles. The van der Waals surface area contributed by atoms with E-state index in [1.807, 2.05) is 0 Å². The van der Waals surface area contributed by atoms with Gasteiger partial charge in [0.25, 0.3) is 5.91 Å². The fraction of sp³-hybridized carbons (Fsp3) is 0. The molecule has 0 unspecified atom stereocenters. The summed E-state index contributed by atoms with van der Waals surface area (Å²) in [6, 6.07) is 3.26. The van der Waals surface area contributed by atoms with Crippen LogP contribution in [-0.4, -0.2) is 20.7 Å². The number of amides is 1. The topological polar surface area (TPSA) is 73.3 Å². The number of nitrogens with zero attached hydrogens (tertiary/aromatic N) is 3. The third kappa shape index (κ3) is 0.833. The minimum absolute atomic E-state index is 0.433. The van der Waals surface area contributed by atoms with Gasteiger partial charge in [-0.25, -0.2) is 0 Å². The lowest BCUT2D eigenvalue weighted by Gasteiger charge is -1.96. The van der Waals surface area contributed by atoms with Gasteiger partial charge in [-0.2, -0.15) is 14.8 Å². The highest BCUT2D eigenvalue weighted by molar-refractivity contribution is 5.99. The highest BCUT2D eigenvalue weighted by atomic mass is 16.1. The van der Waals surface area contributed by atoms with E-state index in [2.05, 4.69) is 10.2 Å². The molecular weight excluding hydrogens is 156 g/mol. The Morgan fingerprint density at radius 2 is 2.00 bits per heavy atom. The predicted molar refractivity (Wildman–Crippen MR) is 41.5 cm³/mol. The maximum Gasteiger partial charge on any atom is 0.251 e. The van der Waals surface area contributed by atoms with Gasteiger partial charge in [0.2, 0.25) is 0 Å². The van der Waals surface area contributed by atoms with Crippen molar-refractivity contribution in [2.24, 2.45) is 5.73 Å². The normalized spacial score (nSPS) is 10.3. The standard InChI is InChI=1S/C7H6N4O/c8-7(12)5-1-3-9-11-6(5)2-4-10-11/h1-4H,(H2,8,12). The van der Waals surface area contributed by atoms with Gasteiger partial charge in [-0.15, -0.1) is 0 Å². The van der Waals surface area contributed by atoms with Crippen molar-refractivity contribution >= 4 is 11.4 Å². The lowest BCUT2D eigenvalue weighted by atomic mass is 10.2. The fourth-order valence-electron chi connectivity index (χ4n) is 1.05. The summed E-state index contributed by atoms with van der Waals surface area (Å²) >= 11 is 0. The second-order valence-electron chi connectivity index (χ2n) is 2.32. The first-order chi connectivity index (χ1) is 5.79. The van der Waals surface area contributed by atoms with Crippen LogP contribution in [0.3, 0.4) is 0 Å². The van der Waals surface area contributed by atoms with Crippen molar-refractivity contribution in [2.75, 3.05) is 0 Å². The number of carbonyl (C=O) groups is 1. The van der Waals surface area contributed by atoms with Gasteiger partial charge in [0.15, 0.2) is 0 Å². The summed E-state index contributed by atoms with van der Waals surface area (Å²) in [7, 11) is 0. The summed E-state index contributed by atoms with van der Waals surface area (Å²) in [5.41, 5.74) is 6.19. The van der Waals surface area contributed by atoms with E-state index in [4.69, 9.17) is 5.73 Å². The molecule has 60 valence electrons. The Labute approximate surface area is 67.8 Å². The molecule has 5 nitrogen and oxygen atoms in total. The Hall–Kier alpha value is -1.91. The zero-order valence-electron chi connectivity index (χ0n) is 6.14. The maximum absolute atomic E-state index is 10.9. The summed E-state index contributed by atoms with van der Waals surface area (Å²) < 4.78 is 1.36. The van der Waals surface area contributed by atoms with E-state index in [9.17, 15) is 4.79 Å². The van der Waals surface area contributed by atoms with Crippen LogP contribution in [0.25, 0.3) is 5.52 Å². The molecule has 0 saturated heterocycles. The average Bonchev–Trinajstić information content (AvgIpc) is 2.49. The highest BCUT2D eigenvalue weighted by Crippen LogP contribution is 2.06. The monoisotopic (exact) mass is 162 g/mol. The predicted octanol–water partition coefficient (Wildman–Crippen LogP) is -0.172. The SMILES string of the molecule is NC(=O)c1ccnn2nccc12. The number of nitrogens with two attached hydrogens (primary N) is 1. The Bertz CT molecular complexity index is 434. The van der Waals surface area contributed by atoms with Gasteiger partial charge < -0.3 is 5.73 Å². The van der Waals surface area contributed by atoms with Crippen molar-refractivity contribution in [2.45, 2.75) is 0 Å². The van der Waals surface area contributed by atoms with Crippen LogP contribution in [0.15, 0.2) is 24.5 Å². The molecule has 2 N–H and O–H groups in total. The number of primary amides is 1. The Balaban J connectivity index is 2.82. The van der Waals surface area contributed by atoms with Crippen molar-refractivity contribution in [1.29, 1.82) is 0 Å². The lowest BCUT2D eigenvalue weighted by Crippen LogP contribution is -2.12. The fourth-order valence-corrected chi connectivity index (χ4v) is 1.05. The molecule has 1 amide bonds. The number of carbonyl (C=O) groups excluding carboxylic acids is 1. The van der Waals surface area contributed by atoms with E-state index in [1.54, 1.807) is 18.3 Å². The van der Waals surface area contributed by atoms with E-state index in [0.717, 1.165) is 0 Å². The Morgan fingerprint density at radius 1 is 1.33 bits per heavy atom. The van der Waals surface area contributed by atoms with E-state index < -0.39 is 5.91 Å². The van der Waals surface area contributed by atoms with Gasteiger partial charge in [0.05, 0.1) is 18.0 Å². The number of rotatable bonds is 1. The summed E-state index contributed by atoms with van der Waals surface area (Å²) in [4.78, 5) is 10.9. The van der Waals surface area contributed by atoms with Crippen molar-refractivity contribution < 1.29 is 4.79 Å². The molecule has 2 heterocycles. The Morgan fingerprint density at radius 3 is 2.67 bits per heavy atom. The van der Waals surface area contributed by atoms with Crippen molar-refractivity contribution in [3.63, 3.8) is 0 Å². The maximum atomic E-state index is 10.9. The van der Waals surface area contributed by atoms with Gasteiger partial charge in [0.1, 0.15) is 5.52 Å². The van der Waals surface area contributed by atoms with E-state index in [1.165, 1.54) is 10.8 Å². The quantitative estimate of drug-likeness (QED) is 0.632. The third-order valence-corrected chi connectivity index (χ3v) is 1.58. The second kappa shape index (κ2) is 2.30. The van der Waals surface area contributed by atoms with Crippen LogP contribution >= 0.6 is 0 Å². The van der Waals surface area contributed by atoms with Gasteiger partial charge in [-0.05, 0) is 12.1 Å². The molecule has 0 aliphatic heterocycles. The zero-order valence-corrected chi connectivity index (χ0v) is 6.14.